The van der Waals surface area contributed by atoms with Crippen molar-refractivity contribution >= 4 is 11.8 Å². The second-order valence-corrected chi connectivity index (χ2v) is 6.47. The van der Waals surface area contributed by atoms with Gasteiger partial charge in [0.15, 0.2) is 11.5 Å². The van der Waals surface area contributed by atoms with Crippen LogP contribution in [0.4, 0.5) is 4.39 Å². The predicted molar refractivity (Wildman–Crippen MR) is 92.2 cm³/mol. The molecule has 8 heteroatoms. The van der Waals surface area contributed by atoms with Crippen LogP contribution in [0.5, 0.6) is 17.2 Å². The van der Waals surface area contributed by atoms with Crippen molar-refractivity contribution in [3.63, 3.8) is 0 Å². The maximum atomic E-state index is 12.8. The summed E-state index contributed by atoms with van der Waals surface area (Å²) in [6, 6.07) is 13.3. The van der Waals surface area contributed by atoms with Gasteiger partial charge in [-0.15, -0.1) is 10.2 Å². The highest BCUT2D eigenvalue weighted by molar-refractivity contribution is 7.99. The van der Waals surface area contributed by atoms with E-state index in [9.17, 15) is 4.39 Å². The molecular formula is C18H15FN2O4S. The first-order valence-corrected chi connectivity index (χ1v) is 8.99. The van der Waals surface area contributed by atoms with Crippen LogP contribution < -0.4 is 14.2 Å². The van der Waals surface area contributed by atoms with Crippen LogP contribution in [0.3, 0.4) is 0 Å². The molecule has 0 bridgehead atoms. The predicted octanol–water partition coefficient (Wildman–Crippen LogP) is 3.89. The first-order chi connectivity index (χ1) is 12.8. The maximum Gasteiger partial charge on any atom is 0.276 e. The van der Waals surface area contributed by atoms with Crippen molar-refractivity contribution in [1.82, 2.24) is 10.2 Å². The number of benzene rings is 2. The van der Waals surface area contributed by atoms with Gasteiger partial charge in [-0.3, -0.25) is 0 Å². The number of ether oxygens (including phenoxy) is 3. The van der Waals surface area contributed by atoms with Crippen LogP contribution in [0.25, 0.3) is 0 Å². The van der Waals surface area contributed by atoms with Crippen molar-refractivity contribution in [3.05, 3.63) is 60.2 Å². The zero-order valence-electron chi connectivity index (χ0n) is 13.6. The molecule has 0 saturated carbocycles. The molecule has 2 heterocycles. The van der Waals surface area contributed by atoms with Gasteiger partial charge in [-0.1, -0.05) is 23.9 Å². The Morgan fingerprint density at radius 1 is 1.08 bits per heavy atom. The van der Waals surface area contributed by atoms with E-state index in [-0.39, 0.29) is 5.82 Å². The number of nitrogens with zero attached hydrogens (tertiary/aromatic N) is 2. The Morgan fingerprint density at radius 3 is 2.73 bits per heavy atom. The molecule has 1 aromatic heterocycles. The number of para-hydroxylation sites is 2. The van der Waals surface area contributed by atoms with Gasteiger partial charge in [0.05, 0.1) is 6.61 Å². The van der Waals surface area contributed by atoms with Gasteiger partial charge in [-0.2, -0.15) is 0 Å². The average molecular weight is 374 g/mol. The highest BCUT2D eigenvalue weighted by Gasteiger charge is 2.27. The molecule has 0 radical (unpaired) electrons. The summed E-state index contributed by atoms with van der Waals surface area (Å²) in [5.41, 5.74) is 0. The van der Waals surface area contributed by atoms with E-state index < -0.39 is 6.10 Å². The molecule has 2 aromatic carbocycles. The summed E-state index contributed by atoms with van der Waals surface area (Å²) in [6.07, 6.45) is -0.429. The Labute approximate surface area is 153 Å². The minimum absolute atomic E-state index is 0.290. The number of hydrogen-bond acceptors (Lipinski definition) is 7. The van der Waals surface area contributed by atoms with Crippen molar-refractivity contribution in [2.45, 2.75) is 11.3 Å². The Kier molecular flexibility index (Phi) is 4.92. The van der Waals surface area contributed by atoms with Gasteiger partial charge in [0.2, 0.25) is 6.10 Å². The fourth-order valence-corrected chi connectivity index (χ4v) is 2.95. The van der Waals surface area contributed by atoms with Crippen LogP contribution in [0.2, 0.25) is 0 Å². The van der Waals surface area contributed by atoms with Gasteiger partial charge in [0.25, 0.3) is 11.1 Å². The molecule has 3 aromatic rings. The summed E-state index contributed by atoms with van der Waals surface area (Å²) in [5, 5.41) is 8.48. The summed E-state index contributed by atoms with van der Waals surface area (Å²) in [5.74, 6) is 2.68. The Balaban J connectivity index is 1.28. The van der Waals surface area contributed by atoms with E-state index in [4.69, 9.17) is 18.6 Å². The minimum atomic E-state index is -0.429. The van der Waals surface area contributed by atoms with Crippen LogP contribution in [-0.2, 0) is 0 Å². The minimum Gasteiger partial charge on any atom is -0.493 e. The van der Waals surface area contributed by atoms with E-state index in [0.29, 0.717) is 47.3 Å². The standard InChI is InChI=1S/C18H15FN2O4S/c19-12-5-7-13(8-6-12)22-9-10-26-18-21-20-17(25-18)16-11-23-14-3-1-2-4-15(14)24-16/h1-8,16H,9-11H2/t16-/m1/s1. The van der Waals surface area contributed by atoms with Crippen molar-refractivity contribution in [1.29, 1.82) is 0 Å². The van der Waals surface area contributed by atoms with Crippen LogP contribution >= 0.6 is 11.8 Å². The second-order valence-electron chi connectivity index (χ2n) is 5.42. The molecule has 1 aliphatic rings. The number of fused-ring (bicyclic) bond motifs is 1. The molecule has 134 valence electrons. The average Bonchev–Trinajstić information content (AvgIpc) is 3.15. The summed E-state index contributed by atoms with van der Waals surface area (Å²) in [7, 11) is 0. The van der Waals surface area contributed by atoms with E-state index in [0.717, 1.165) is 0 Å². The van der Waals surface area contributed by atoms with Gasteiger partial charge in [-0.25, -0.2) is 4.39 Å². The first kappa shape index (κ1) is 16.7. The lowest BCUT2D eigenvalue weighted by Gasteiger charge is -2.23. The SMILES string of the molecule is Fc1ccc(OCCSc2nnc([C@H]3COc4ccccc4O3)o2)cc1. The van der Waals surface area contributed by atoms with Gasteiger partial charge in [0, 0.05) is 5.75 Å². The van der Waals surface area contributed by atoms with Crippen molar-refractivity contribution in [3.8, 4) is 17.2 Å². The molecule has 6 nitrogen and oxygen atoms in total. The number of rotatable bonds is 6. The smallest absolute Gasteiger partial charge is 0.276 e. The zero-order chi connectivity index (χ0) is 17.8. The monoisotopic (exact) mass is 374 g/mol. The summed E-state index contributed by atoms with van der Waals surface area (Å²) in [6.45, 7) is 0.751. The Hall–Kier alpha value is -2.74. The third-order valence-electron chi connectivity index (χ3n) is 3.60. The fraction of sp³-hybridized carbons (Fsp3) is 0.222. The molecular weight excluding hydrogens is 359 g/mol. The van der Waals surface area contributed by atoms with Crippen LogP contribution in [0.15, 0.2) is 58.2 Å². The lowest BCUT2D eigenvalue weighted by molar-refractivity contribution is 0.0686. The number of hydrogen-bond donors (Lipinski definition) is 0. The molecule has 1 atom stereocenters. The molecule has 0 unspecified atom stereocenters. The van der Waals surface area contributed by atoms with E-state index in [2.05, 4.69) is 10.2 Å². The summed E-state index contributed by atoms with van der Waals surface area (Å²) >= 11 is 1.38. The van der Waals surface area contributed by atoms with Gasteiger partial charge < -0.3 is 18.6 Å². The molecule has 0 N–H and O–H groups in total. The van der Waals surface area contributed by atoms with Crippen molar-refractivity contribution in [2.75, 3.05) is 19.0 Å². The van der Waals surface area contributed by atoms with E-state index in [1.54, 1.807) is 12.1 Å². The number of aromatic nitrogens is 2. The fourth-order valence-electron chi connectivity index (χ4n) is 2.37. The van der Waals surface area contributed by atoms with E-state index >= 15 is 0 Å². The second kappa shape index (κ2) is 7.65. The first-order valence-electron chi connectivity index (χ1n) is 8.01. The molecule has 0 amide bonds. The Bertz CT molecular complexity index is 872. The molecule has 0 aliphatic carbocycles. The molecule has 0 saturated heterocycles. The zero-order valence-corrected chi connectivity index (χ0v) is 14.4. The number of halogens is 1. The van der Waals surface area contributed by atoms with Crippen molar-refractivity contribution in [2.24, 2.45) is 0 Å². The quantitative estimate of drug-likeness (QED) is 0.479. The number of thioether (sulfide) groups is 1. The van der Waals surface area contributed by atoms with Gasteiger partial charge >= 0.3 is 0 Å². The topological polar surface area (TPSA) is 66.6 Å². The molecule has 1 aliphatic heterocycles. The van der Waals surface area contributed by atoms with E-state index in [1.165, 1.54) is 23.9 Å². The largest absolute Gasteiger partial charge is 0.493 e. The Morgan fingerprint density at radius 2 is 1.88 bits per heavy atom. The lowest BCUT2D eigenvalue weighted by Crippen LogP contribution is -2.21. The lowest BCUT2D eigenvalue weighted by atomic mass is 10.2. The van der Waals surface area contributed by atoms with Gasteiger partial charge in [0.1, 0.15) is 18.2 Å². The molecule has 4 rings (SSSR count). The normalized spacial score (nSPS) is 15.7. The van der Waals surface area contributed by atoms with Crippen LogP contribution in [-0.4, -0.2) is 29.2 Å². The molecule has 26 heavy (non-hydrogen) atoms. The molecule has 0 fully saturated rings. The third-order valence-corrected chi connectivity index (χ3v) is 4.38. The summed E-state index contributed by atoms with van der Waals surface area (Å²) in [4.78, 5) is 0. The van der Waals surface area contributed by atoms with Crippen LogP contribution in [0.1, 0.15) is 12.0 Å². The van der Waals surface area contributed by atoms with E-state index in [1.807, 2.05) is 24.3 Å². The van der Waals surface area contributed by atoms with Gasteiger partial charge in [-0.05, 0) is 36.4 Å². The molecule has 0 spiro atoms. The highest BCUT2D eigenvalue weighted by atomic mass is 32.2. The van der Waals surface area contributed by atoms with Crippen LogP contribution in [0, 0.1) is 5.82 Å². The third kappa shape index (κ3) is 3.91. The highest BCUT2D eigenvalue weighted by Crippen LogP contribution is 2.35. The maximum absolute atomic E-state index is 12.8. The summed E-state index contributed by atoms with van der Waals surface area (Å²) < 4.78 is 35.5. The van der Waals surface area contributed by atoms with Crippen molar-refractivity contribution < 1.29 is 23.0 Å².